The minimum absolute atomic E-state index is 0.533. The second-order valence-corrected chi connectivity index (χ2v) is 7.31. The fourth-order valence-electron chi connectivity index (χ4n) is 2.47. The lowest BCUT2D eigenvalue weighted by atomic mass is 10.1. The normalized spacial score (nSPS) is 11.1. The Bertz CT molecular complexity index is 587. The third-order valence-electron chi connectivity index (χ3n) is 3.69. The van der Waals surface area contributed by atoms with Gasteiger partial charge in [0.1, 0.15) is 0 Å². The van der Waals surface area contributed by atoms with Crippen molar-refractivity contribution in [2.75, 3.05) is 11.9 Å². The number of thiophene rings is 1. The molecule has 2 nitrogen and oxygen atoms in total. The number of para-hydroxylation sites is 1. The van der Waals surface area contributed by atoms with Gasteiger partial charge in [0, 0.05) is 41.6 Å². The van der Waals surface area contributed by atoms with Crippen LogP contribution < -0.4 is 10.2 Å². The van der Waals surface area contributed by atoms with E-state index in [-0.39, 0.29) is 0 Å². The maximum Gasteiger partial charge on any atom is 0.0437 e. The number of hydrogen-bond donors (Lipinski definition) is 1. The molecule has 0 spiro atoms. The van der Waals surface area contributed by atoms with Crippen molar-refractivity contribution in [2.45, 2.75) is 46.8 Å². The SMILES string of the molecule is Cc1ccccc1N(C)Cc1cc(CNC(C)C)sc1C. The lowest BCUT2D eigenvalue weighted by Gasteiger charge is -2.21. The second-order valence-electron chi connectivity index (χ2n) is 5.97. The van der Waals surface area contributed by atoms with Gasteiger partial charge in [-0.25, -0.2) is 0 Å². The van der Waals surface area contributed by atoms with Crippen molar-refractivity contribution in [1.82, 2.24) is 5.32 Å². The summed E-state index contributed by atoms with van der Waals surface area (Å²) in [6.45, 7) is 10.7. The molecule has 0 aliphatic carbocycles. The van der Waals surface area contributed by atoms with Crippen LogP contribution in [0.2, 0.25) is 0 Å². The third-order valence-corrected chi connectivity index (χ3v) is 4.78. The summed E-state index contributed by atoms with van der Waals surface area (Å²) in [4.78, 5) is 5.19. The van der Waals surface area contributed by atoms with Crippen LogP contribution in [0.5, 0.6) is 0 Å². The first-order valence-corrected chi connectivity index (χ1v) is 8.37. The first-order chi connectivity index (χ1) is 9.97. The lowest BCUT2D eigenvalue weighted by molar-refractivity contribution is 0.593. The molecule has 0 aliphatic rings. The van der Waals surface area contributed by atoms with Crippen LogP contribution in [-0.2, 0) is 13.1 Å². The number of anilines is 1. The average molecular weight is 302 g/mol. The van der Waals surface area contributed by atoms with Crippen LogP contribution in [0.4, 0.5) is 5.69 Å². The van der Waals surface area contributed by atoms with Gasteiger partial charge in [-0.1, -0.05) is 32.0 Å². The molecular weight excluding hydrogens is 276 g/mol. The van der Waals surface area contributed by atoms with E-state index in [0.717, 1.165) is 13.1 Å². The molecule has 1 N–H and O–H groups in total. The molecule has 2 aromatic rings. The summed E-state index contributed by atoms with van der Waals surface area (Å²) in [5.74, 6) is 0. The molecule has 1 heterocycles. The Morgan fingerprint density at radius 3 is 2.57 bits per heavy atom. The molecule has 1 aromatic heterocycles. The number of nitrogens with one attached hydrogen (secondary N) is 1. The van der Waals surface area contributed by atoms with Gasteiger partial charge in [-0.05, 0) is 37.1 Å². The number of benzene rings is 1. The summed E-state index contributed by atoms with van der Waals surface area (Å²) in [6.07, 6.45) is 0. The molecule has 0 saturated heterocycles. The highest BCUT2D eigenvalue weighted by Gasteiger charge is 2.10. The molecule has 0 unspecified atom stereocenters. The zero-order valence-electron chi connectivity index (χ0n) is 13.7. The van der Waals surface area contributed by atoms with Gasteiger partial charge in [-0.2, -0.15) is 0 Å². The summed E-state index contributed by atoms with van der Waals surface area (Å²) in [5.41, 5.74) is 4.07. The Labute approximate surface area is 132 Å². The number of nitrogens with zero attached hydrogens (tertiary/aromatic N) is 1. The number of rotatable bonds is 6. The first kappa shape index (κ1) is 16.1. The molecule has 0 aliphatic heterocycles. The van der Waals surface area contributed by atoms with Gasteiger partial charge >= 0.3 is 0 Å². The van der Waals surface area contributed by atoms with E-state index in [1.807, 2.05) is 11.3 Å². The molecule has 0 fully saturated rings. The molecule has 0 amide bonds. The minimum Gasteiger partial charge on any atom is -0.370 e. The zero-order valence-corrected chi connectivity index (χ0v) is 14.6. The highest BCUT2D eigenvalue weighted by atomic mass is 32.1. The van der Waals surface area contributed by atoms with Crippen molar-refractivity contribution in [1.29, 1.82) is 0 Å². The summed E-state index contributed by atoms with van der Waals surface area (Å²) in [6, 6.07) is 11.5. The molecule has 0 saturated carbocycles. The maximum atomic E-state index is 3.49. The predicted octanol–water partition coefficient (Wildman–Crippen LogP) is 4.50. The second kappa shape index (κ2) is 7.10. The molecule has 0 bridgehead atoms. The molecule has 0 radical (unpaired) electrons. The highest BCUT2D eigenvalue weighted by molar-refractivity contribution is 7.12. The molecule has 0 atom stereocenters. The van der Waals surface area contributed by atoms with Crippen molar-refractivity contribution in [3.05, 3.63) is 51.2 Å². The van der Waals surface area contributed by atoms with Crippen LogP contribution in [0.1, 0.15) is 34.7 Å². The van der Waals surface area contributed by atoms with E-state index in [0.29, 0.717) is 6.04 Å². The summed E-state index contributed by atoms with van der Waals surface area (Å²) in [7, 11) is 2.17. The quantitative estimate of drug-likeness (QED) is 0.845. The van der Waals surface area contributed by atoms with Gasteiger partial charge < -0.3 is 10.2 Å². The highest BCUT2D eigenvalue weighted by Crippen LogP contribution is 2.26. The molecule has 21 heavy (non-hydrogen) atoms. The third kappa shape index (κ3) is 4.32. The minimum atomic E-state index is 0.533. The van der Waals surface area contributed by atoms with Gasteiger partial charge in [0.25, 0.3) is 0 Å². The van der Waals surface area contributed by atoms with E-state index in [1.165, 1.54) is 26.6 Å². The summed E-state index contributed by atoms with van der Waals surface area (Å²) in [5, 5.41) is 3.49. The van der Waals surface area contributed by atoms with Crippen LogP contribution >= 0.6 is 11.3 Å². The van der Waals surface area contributed by atoms with E-state index in [4.69, 9.17) is 0 Å². The molecule has 114 valence electrons. The molecule has 2 rings (SSSR count). The fraction of sp³-hybridized carbons (Fsp3) is 0.444. The predicted molar refractivity (Wildman–Crippen MR) is 94.3 cm³/mol. The van der Waals surface area contributed by atoms with Gasteiger partial charge in [0.05, 0.1) is 0 Å². The van der Waals surface area contributed by atoms with E-state index in [2.05, 4.69) is 75.3 Å². The zero-order chi connectivity index (χ0) is 15.4. The summed E-state index contributed by atoms with van der Waals surface area (Å²) < 4.78 is 0. The van der Waals surface area contributed by atoms with Gasteiger partial charge in [0.15, 0.2) is 0 Å². The van der Waals surface area contributed by atoms with Crippen LogP contribution in [0, 0.1) is 13.8 Å². The van der Waals surface area contributed by atoms with Crippen LogP contribution in [-0.4, -0.2) is 13.1 Å². The smallest absolute Gasteiger partial charge is 0.0437 e. The van der Waals surface area contributed by atoms with Crippen molar-refractivity contribution in [2.24, 2.45) is 0 Å². The van der Waals surface area contributed by atoms with E-state index < -0.39 is 0 Å². The maximum absolute atomic E-state index is 3.49. The Kier molecular flexibility index (Phi) is 5.43. The van der Waals surface area contributed by atoms with Crippen LogP contribution in [0.3, 0.4) is 0 Å². The van der Waals surface area contributed by atoms with Gasteiger partial charge in [0.2, 0.25) is 0 Å². The van der Waals surface area contributed by atoms with E-state index >= 15 is 0 Å². The monoisotopic (exact) mass is 302 g/mol. The average Bonchev–Trinajstić information content (AvgIpc) is 2.77. The van der Waals surface area contributed by atoms with Gasteiger partial charge in [-0.15, -0.1) is 11.3 Å². The molecule has 1 aromatic carbocycles. The molecular formula is C18H26N2S. The van der Waals surface area contributed by atoms with Crippen molar-refractivity contribution in [3.8, 4) is 0 Å². The van der Waals surface area contributed by atoms with E-state index in [9.17, 15) is 0 Å². The van der Waals surface area contributed by atoms with Gasteiger partial charge in [-0.3, -0.25) is 0 Å². The fourth-order valence-corrected chi connectivity index (χ4v) is 3.47. The van der Waals surface area contributed by atoms with Crippen LogP contribution in [0.25, 0.3) is 0 Å². The van der Waals surface area contributed by atoms with E-state index in [1.54, 1.807) is 0 Å². The largest absolute Gasteiger partial charge is 0.370 e. The molecule has 3 heteroatoms. The van der Waals surface area contributed by atoms with Crippen molar-refractivity contribution in [3.63, 3.8) is 0 Å². The topological polar surface area (TPSA) is 15.3 Å². The summed E-state index contributed by atoms with van der Waals surface area (Å²) >= 11 is 1.91. The number of aryl methyl sites for hydroxylation is 2. The van der Waals surface area contributed by atoms with Crippen molar-refractivity contribution >= 4 is 17.0 Å². The van der Waals surface area contributed by atoms with Crippen molar-refractivity contribution < 1.29 is 0 Å². The Morgan fingerprint density at radius 2 is 1.90 bits per heavy atom. The lowest BCUT2D eigenvalue weighted by Crippen LogP contribution is -2.21. The Morgan fingerprint density at radius 1 is 1.19 bits per heavy atom. The van der Waals surface area contributed by atoms with Crippen LogP contribution in [0.15, 0.2) is 30.3 Å². The first-order valence-electron chi connectivity index (χ1n) is 7.55. The number of hydrogen-bond acceptors (Lipinski definition) is 3. The Balaban J connectivity index is 2.07. The Hall–Kier alpha value is -1.32. The standard InChI is InChI=1S/C18H26N2S/c1-13(2)19-11-17-10-16(15(4)21-17)12-20(5)18-9-7-6-8-14(18)3/h6-10,13,19H,11-12H2,1-5H3.